The third kappa shape index (κ3) is 2.80. The van der Waals surface area contributed by atoms with Crippen LogP contribution in [0.2, 0.25) is 0 Å². The van der Waals surface area contributed by atoms with Crippen molar-refractivity contribution in [2.24, 2.45) is 0 Å². The summed E-state index contributed by atoms with van der Waals surface area (Å²) in [7, 11) is -2.67. The van der Waals surface area contributed by atoms with Crippen molar-refractivity contribution in [2.45, 2.75) is 63.1 Å². The molecule has 104 valence electrons. The lowest BCUT2D eigenvalue weighted by atomic mass is 10.3. The summed E-state index contributed by atoms with van der Waals surface area (Å²) in [6.45, 7) is 0. The second-order valence-corrected chi connectivity index (χ2v) is 8.53. The van der Waals surface area contributed by atoms with Gasteiger partial charge in [-0.1, -0.05) is 43.9 Å². The molecule has 0 saturated heterocycles. The van der Waals surface area contributed by atoms with Crippen LogP contribution in [0.15, 0.2) is 30.3 Å². The molecule has 0 heterocycles. The van der Waals surface area contributed by atoms with Gasteiger partial charge < -0.3 is 4.52 Å². The van der Waals surface area contributed by atoms with Gasteiger partial charge in [-0.3, -0.25) is 4.57 Å². The summed E-state index contributed by atoms with van der Waals surface area (Å²) >= 11 is 0. The van der Waals surface area contributed by atoms with E-state index in [1.807, 2.05) is 30.3 Å². The molecule has 0 radical (unpaired) electrons. The van der Waals surface area contributed by atoms with E-state index in [2.05, 4.69) is 0 Å². The molecule has 3 rings (SSSR count). The molecule has 2 aliphatic rings. The first-order valence-electron chi connectivity index (χ1n) is 7.63. The summed E-state index contributed by atoms with van der Waals surface area (Å²) in [5.41, 5.74) is 0.260. The minimum absolute atomic E-state index is 0.228. The van der Waals surface area contributed by atoms with Gasteiger partial charge in [-0.05, 0) is 37.8 Å². The van der Waals surface area contributed by atoms with Crippen LogP contribution in [0.3, 0.4) is 0 Å². The summed E-state index contributed by atoms with van der Waals surface area (Å²) in [4.78, 5) is 0. The van der Waals surface area contributed by atoms with Crippen LogP contribution in [-0.4, -0.2) is 11.8 Å². The number of hydrogen-bond acceptors (Lipinski definition) is 2. The van der Waals surface area contributed by atoms with Crippen molar-refractivity contribution < 1.29 is 9.09 Å². The van der Waals surface area contributed by atoms with E-state index in [-0.39, 0.29) is 11.8 Å². The second-order valence-electron chi connectivity index (χ2n) is 5.88. The Bertz CT molecular complexity index is 445. The Balaban J connectivity index is 1.87. The van der Waals surface area contributed by atoms with Crippen molar-refractivity contribution in [3.63, 3.8) is 0 Å². The lowest BCUT2D eigenvalue weighted by molar-refractivity contribution is 0.213. The molecule has 2 nitrogen and oxygen atoms in total. The van der Waals surface area contributed by atoms with Crippen molar-refractivity contribution >= 4 is 12.7 Å². The van der Waals surface area contributed by atoms with Gasteiger partial charge in [0.05, 0.1) is 6.10 Å². The van der Waals surface area contributed by atoms with E-state index in [0.717, 1.165) is 31.0 Å². The monoisotopic (exact) mass is 278 g/mol. The molecule has 1 atom stereocenters. The third-order valence-corrected chi connectivity index (χ3v) is 7.64. The maximum Gasteiger partial charge on any atom is 0.235 e. The average Bonchev–Trinajstić information content (AvgIpc) is 3.12. The van der Waals surface area contributed by atoms with Gasteiger partial charge in [0.2, 0.25) is 7.37 Å². The molecule has 2 fully saturated rings. The zero-order valence-electron chi connectivity index (χ0n) is 11.5. The van der Waals surface area contributed by atoms with Gasteiger partial charge in [0.1, 0.15) is 0 Å². The van der Waals surface area contributed by atoms with E-state index in [9.17, 15) is 4.57 Å². The van der Waals surface area contributed by atoms with Gasteiger partial charge in [-0.15, -0.1) is 0 Å². The van der Waals surface area contributed by atoms with Crippen molar-refractivity contribution in [1.82, 2.24) is 0 Å². The van der Waals surface area contributed by atoms with Gasteiger partial charge in [0.15, 0.2) is 0 Å². The van der Waals surface area contributed by atoms with E-state index < -0.39 is 7.37 Å². The Morgan fingerprint density at radius 3 is 2.11 bits per heavy atom. The quantitative estimate of drug-likeness (QED) is 0.758. The zero-order chi connectivity index (χ0) is 13.1. The first-order chi connectivity index (χ1) is 9.29. The standard InChI is InChI=1S/C16H23O2P/c17-19(16-12-6-7-13-16,15-10-2-1-3-11-15)18-14-8-4-5-9-14/h1-3,10-11,14,16H,4-9,12-13H2. The first kappa shape index (κ1) is 13.4. The van der Waals surface area contributed by atoms with E-state index in [0.29, 0.717) is 0 Å². The maximum atomic E-state index is 13.6. The Morgan fingerprint density at radius 2 is 1.47 bits per heavy atom. The van der Waals surface area contributed by atoms with Gasteiger partial charge in [-0.25, -0.2) is 0 Å². The Hall–Kier alpha value is -0.590. The van der Waals surface area contributed by atoms with Crippen molar-refractivity contribution in [1.29, 1.82) is 0 Å². The van der Waals surface area contributed by atoms with Crippen molar-refractivity contribution in [3.05, 3.63) is 30.3 Å². The summed E-state index contributed by atoms with van der Waals surface area (Å²) in [5, 5.41) is 0.939. The predicted octanol–water partition coefficient (Wildman–Crippen LogP) is 4.49. The van der Waals surface area contributed by atoms with Crippen LogP contribution in [-0.2, 0) is 9.09 Å². The molecule has 19 heavy (non-hydrogen) atoms. The number of rotatable bonds is 4. The molecule has 0 amide bonds. The lowest BCUT2D eigenvalue weighted by Gasteiger charge is -2.27. The minimum atomic E-state index is -2.67. The molecule has 0 bridgehead atoms. The van der Waals surface area contributed by atoms with Crippen LogP contribution in [0, 0.1) is 0 Å². The average molecular weight is 278 g/mol. The molecular formula is C16H23O2P. The molecule has 0 aromatic heterocycles. The molecule has 1 unspecified atom stereocenters. The fourth-order valence-corrected chi connectivity index (χ4v) is 6.45. The van der Waals surface area contributed by atoms with E-state index >= 15 is 0 Å². The fraction of sp³-hybridized carbons (Fsp3) is 0.625. The number of hydrogen-bond donors (Lipinski definition) is 0. The summed E-state index contributed by atoms with van der Waals surface area (Å²) in [5.74, 6) is 0. The minimum Gasteiger partial charge on any atom is -0.322 e. The summed E-state index contributed by atoms with van der Waals surface area (Å²) in [6.07, 6.45) is 9.40. The SMILES string of the molecule is O=P(OC1CCCC1)(c1ccccc1)C1CCCC1. The van der Waals surface area contributed by atoms with E-state index in [4.69, 9.17) is 4.52 Å². The van der Waals surface area contributed by atoms with E-state index in [1.165, 1.54) is 25.7 Å². The summed E-state index contributed by atoms with van der Waals surface area (Å²) in [6, 6.07) is 9.93. The molecule has 0 spiro atoms. The Morgan fingerprint density at radius 1 is 0.895 bits per heavy atom. The number of benzene rings is 1. The smallest absolute Gasteiger partial charge is 0.235 e. The maximum absolute atomic E-state index is 13.6. The Kier molecular flexibility index (Phi) is 4.10. The van der Waals surface area contributed by atoms with Crippen molar-refractivity contribution in [3.8, 4) is 0 Å². The highest BCUT2D eigenvalue weighted by molar-refractivity contribution is 7.67. The highest BCUT2D eigenvalue weighted by atomic mass is 31.2. The van der Waals surface area contributed by atoms with Crippen LogP contribution >= 0.6 is 7.37 Å². The normalized spacial score (nSPS) is 24.6. The fourth-order valence-electron chi connectivity index (χ4n) is 3.45. The second kappa shape index (κ2) is 5.81. The van der Waals surface area contributed by atoms with Gasteiger partial charge >= 0.3 is 0 Å². The third-order valence-electron chi connectivity index (χ3n) is 4.53. The van der Waals surface area contributed by atoms with Crippen LogP contribution in [0.5, 0.6) is 0 Å². The molecular weight excluding hydrogens is 255 g/mol. The van der Waals surface area contributed by atoms with Crippen LogP contribution in [0.4, 0.5) is 0 Å². The molecule has 2 aliphatic carbocycles. The van der Waals surface area contributed by atoms with Crippen LogP contribution in [0.1, 0.15) is 51.4 Å². The van der Waals surface area contributed by atoms with Crippen LogP contribution in [0.25, 0.3) is 0 Å². The molecule has 0 N–H and O–H groups in total. The van der Waals surface area contributed by atoms with Gasteiger partial charge in [-0.2, -0.15) is 0 Å². The molecule has 1 aromatic rings. The first-order valence-corrected chi connectivity index (χ1v) is 9.32. The molecule has 2 saturated carbocycles. The highest BCUT2D eigenvalue weighted by Gasteiger charge is 2.40. The van der Waals surface area contributed by atoms with Gasteiger partial charge in [0.25, 0.3) is 0 Å². The zero-order valence-corrected chi connectivity index (χ0v) is 12.4. The molecule has 0 aliphatic heterocycles. The molecule has 1 aromatic carbocycles. The highest BCUT2D eigenvalue weighted by Crippen LogP contribution is 2.58. The van der Waals surface area contributed by atoms with Crippen molar-refractivity contribution in [2.75, 3.05) is 0 Å². The topological polar surface area (TPSA) is 26.3 Å². The predicted molar refractivity (Wildman–Crippen MR) is 79.3 cm³/mol. The van der Waals surface area contributed by atoms with Gasteiger partial charge in [0, 0.05) is 11.0 Å². The summed E-state index contributed by atoms with van der Waals surface area (Å²) < 4.78 is 19.8. The lowest BCUT2D eigenvalue weighted by Crippen LogP contribution is -2.21. The Labute approximate surface area is 116 Å². The van der Waals surface area contributed by atoms with Crippen LogP contribution < -0.4 is 5.30 Å². The molecule has 3 heteroatoms. The van der Waals surface area contributed by atoms with E-state index in [1.54, 1.807) is 0 Å². The largest absolute Gasteiger partial charge is 0.322 e.